The minimum absolute atomic E-state index is 0.0144. The van der Waals surface area contributed by atoms with E-state index in [1.54, 1.807) is 0 Å². The second-order valence-corrected chi connectivity index (χ2v) is 5.13. The van der Waals surface area contributed by atoms with Gasteiger partial charge in [-0.15, -0.1) is 0 Å². The first-order valence-corrected chi connectivity index (χ1v) is 6.25. The second-order valence-electron chi connectivity index (χ2n) is 4.43. The molecule has 0 aromatic carbocycles. The molecule has 1 saturated carbocycles. The highest BCUT2D eigenvalue weighted by atomic mass is 35.5. The summed E-state index contributed by atoms with van der Waals surface area (Å²) in [6.07, 6.45) is 2.51. The lowest BCUT2D eigenvalue weighted by molar-refractivity contribution is 0.631. The van der Waals surface area contributed by atoms with E-state index in [9.17, 15) is 4.39 Å². The first kappa shape index (κ1) is 11.9. The Kier molecular flexibility index (Phi) is 2.75. The minimum atomic E-state index is -0.676. The molecule has 94 valence electrons. The molecule has 1 aliphatic rings. The van der Waals surface area contributed by atoms with Crippen molar-refractivity contribution in [2.24, 2.45) is 5.92 Å². The molecule has 1 aliphatic carbocycles. The van der Waals surface area contributed by atoms with E-state index in [1.807, 2.05) is 0 Å². The number of hydrogen-bond donors (Lipinski definition) is 1. The highest BCUT2D eigenvalue weighted by molar-refractivity contribution is 6.30. The van der Waals surface area contributed by atoms with E-state index in [-0.39, 0.29) is 16.0 Å². The first-order valence-electron chi connectivity index (χ1n) is 5.50. The summed E-state index contributed by atoms with van der Waals surface area (Å²) in [6.45, 7) is 2.12. The van der Waals surface area contributed by atoms with Gasteiger partial charge in [0.2, 0.25) is 5.28 Å². The maximum absolute atomic E-state index is 13.8. The van der Waals surface area contributed by atoms with Gasteiger partial charge in [0.15, 0.2) is 11.0 Å². The third-order valence-corrected chi connectivity index (χ3v) is 3.48. The zero-order valence-corrected chi connectivity index (χ0v) is 10.9. The van der Waals surface area contributed by atoms with Crippen molar-refractivity contribution in [2.45, 2.75) is 19.4 Å². The largest absolute Gasteiger partial charge is 0.366 e. The summed E-state index contributed by atoms with van der Waals surface area (Å²) >= 11 is 11.4. The van der Waals surface area contributed by atoms with Gasteiger partial charge in [-0.3, -0.25) is 0 Å². The van der Waals surface area contributed by atoms with E-state index in [4.69, 9.17) is 23.2 Å². The van der Waals surface area contributed by atoms with Crippen molar-refractivity contribution >= 4 is 39.9 Å². The Morgan fingerprint density at radius 3 is 2.78 bits per heavy atom. The molecule has 4 nitrogen and oxygen atoms in total. The number of nitrogens with one attached hydrogen (secondary N) is 1. The van der Waals surface area contributed by atoms with Crippen LogP contribution in [0.15, 0.2) is 6.20 Å². The monoisotopic (exact) mass is 286 g/mol. The Balaban J connectivity index is 2.15. The summed E-state index contributed by atoms with van der Waals surface area (Å²) in [5, 5.41) is 3.46. The van der Waals surface area contributed by atoms with Crippen LogP contribution in [-0.4, -0.2) is 21.0 Å². The van der Waals surface area contributed by atoms with Gasteiger partial charge < -0.3 is 5.32 Å². The summed E-state index contributed by atoms with van der Waals surface area (Å²) in [6, 6.07) is 0.345. The molecule has 0 bridgehead atoms. The number of aromatic nitrogens is 3. The SMILES string of the molecule is CC1CC1Nc1nc(Cl)nc2c(F)c(Cl)ncc12. The van der Waals surface area contributed by atoms with E-state index < -0.39 is 5.82 Å². The van der Waals surface area contributed by atoms with Gasteiger partial charge in [-0.2, -0.15) is 0 Å². The fourth-order valence-electron chi connectivity index (χ4n) is 1.82. The van der Waals surface area contributed by atoms with Crippen molar-refractivity contribution in [1.82, 2.24) is 15.0 Å². The van der Waals surface area contributed by atoms with Gasteiger partial charge in [0.25, 0.3) is 0 Å². The predicted molar refractivity (Wildman–Crippen MR) is 68.5 cm³/mol. The van der Waals surface area contributed by atoms with Crippen LogP contribution in [0.2, 0.25) is 10.4 Å². The summed E-state index contributed by atoms with van der Waals surface area (Å²) in [4.78, 5) is 11.7. The molecule has 2 aromatic rings. The molecular formula is C11H9Cl2FN4. The summed E-state index contributed by atoms with van der Waals surface area (Å²) in [5.74, 6) is 0.409. The van der Waals surface area contributed by atoms with Crippen molar-refractivity contribution in [3.05, 3.63) is 22.5 Å². The number of fused-ring (bicyclic) bond motifs is 1. The van der Waals surface area contributed by atoms with Crippen LogP contribution in [0.3, 0.4) is 0 Å². The van der Waals surface area contributed by atoms with Crippen LogP contribution in [-0.2, 0) is 0 Å². The van der Waals surface area contributed by atoms with Gasteiger partial charge in [-0.1, -0.05) is 18.5 Å². The van der Waals surface area contributed by atoms with Gasteiger partial charge in [0.05, 0.1) is 5.39 Å². The van der Waals surface area contributed by atoms with E-state index in [2.05, 4.69) is 27.2 Å². The standard InChI is InChI=1S/C11H9Cl2FN4/c1-4-2-6(4)16-10-5-3-15-9(12)7(14)8(5)17-11(13)18-10/h3-4,6H,2H2,1H3,(H,16,17,18). The lowest BCUT2D eigenvalue weighted by Crippen LogP contribution is -2.07. The molecule has 1 N–H and O–H groups in total. The molecule has 2 aromatic heterocycles. The Bertz CT molecular complexity index is 634. The highest BCUT2D eigenvalue weighted by Crippen LogP contribution is 2.35. The van der Waals surface area contributed by atoms with E-state index >= 15 is 0 Å². The molecular weight excluding hydrogens is 278 g/mol. The van der Waals surface area contributed by atoms with E-state index in [1.165, 1.54) is 6.20 Å². The summed E-state index contributed by atoms with van der Waals surface area (Å²) in [5.41, 5.74) is 0.0887. The summed E-state index contributed by atoms with van der Waals surface area (Å²) in [7, 11) is 0. The lowest BCUT2D eigenvalue weighted by atomic mass is 10.3. The van der Waals surface area contributed by atoms with Crippen molar-refractivity contribution in [2.75, 3.05) is 5.32 Å². The Hall–Kier alpha value is -1.20. The zero-order chi connectivity index (χ0) is 12.9. The number of anilines is 1. The summed E-state index contributed by atoms with van der Waals surface area (Å²) < 4.78 is 13.8. The van der Waals surface area contributed by atoms with Crippen LogP contribution >= 0.6 is 23.2 Å². The molecule has 3 rings (SSSR count). The van der Waals surface area contributed by atoms with Crippen LogP contribution < -0.4 is 5.32 Å². The number of rotatable bonds is 2. The lowest BCUT2D eigenvalue weighted by Gasteiger charge is -2.08. The van der Waals surface area contributed by atoms with Crippen molar-refractivity contribution < 1.29 is 4.39 Å². The topological polar surface area (TPSA) is 50.7 Å². The average Bonchev–Trinajstić information content (AvgIpc) is 3.00. The Morgan fingerprint density at radius 1 is 1.39 bits per heavy atom. The number of hydrogen-bond acceptors (Lipinski definition) is 4. The molecule has 18 heavy (non-hydrogen) atoms. The van der Waals surface area contributed by atoms with Gasteiger partial charge in [0, 0.05) is 12.2 Å². The zero-order valence-electron chi connectivity index (χ0n) is 9.41. The molecule has 0 aliphatic heterocycles. The van der Waals surface area contributed by atoms with Crippen molar-refractivity contribution in [3.8, 4) is 0 Å². The molecule has 7 heteroatoms. The van der Waals surface area contributed by atoms with Crippen molar-refractivity contribution in [1.29, 1.82) is 0 Å². The second kappa shape index (κ2) is 4.17. The number of nitrogens with zero attached hydrogens (tertiary/aromatic N) is 3. The third kappa shape index (κ3) is 1.97. The number of halogens is 3. The van der Waals surface area contributed by atoms with Gasteiger partial charge in [0.1, 0.15) is 11.3 Å². The van der Waals surface area contributed by atoms with Crippen molar-refractivity contribution in [3.63, 3.8) is 0 Å². The van der Waals surface area contributed by atoms with Crippen LogP contribution in [0.1, 0.15) is 13.3 Å². The minimum Gasteiger partial charge on any atom is -0.366 e. The average molecular weight is 287 g/mol. The van der Waals surface area contributed by atoms with Crippen LogP contribution in [0.4, 0.5) is 10.2 Å². The number of pyridine rings is 1. The fraction of sp³-hybridized carbons (Fsp3) is 0.364. The van der Waals surface area contributed by atoms with Crippen LogP contribution in [0.25, 0.3) is 10.9 Å². The molecule has 2 atom stereocenters. The molecule has 1 fully saturated rings. The Labute approximate surface area is 113 Å². The normalized spacial score (nSPS) is 22.2. The maximum atomic E-state index is 13.8. The van der Waals surface area contributed by atoms with E-state index in [0.717, 1.165) is 6.42 Å². The predicted octanol–water partition coefficient (Wildman–Crippen LogP) is 3.29. The van der Waals surface area contributed by atoms with E-state index in [0.29, 0.717) is 23.2 Å². The molecule has 2 unspecified atom stereocenters. The highest BCUT2D eigenvalue weighted by Gasteiger charge is 2.33. The maximum Gasteiger partial charge on any atom is 0.225 e. The molecule has 2 heterocycles. The van der Waals surface area contributed by atoms with Crippen LogP contribution in [0.5, 0.6) is 0 Å². The van der Waals surface area contributed by atoms with Gasteiger partial charge in [-0.25, -0.2) is 19.3 Å². The first-order chi connectivity index (χ1) is 8.56. The quantitative estimate of drug-likeness (QED) is 0.680. The van der Waals surface area contributed by atoms with Gasteiger partial charge >= 0.3 is 0 Å². The Morgan fingerprint density at radius 2 is 2.11 bits per heavy atom. The third-order valence-electron chi connectivity index (χ3n) is 3.05. The fourth-order valence-corrected chi connectivity index (χ4v) is 2.12. The molecule has 0 spiro atoms. The molecule has 0 amide bonds. The molecule has 0 saturated heterocycles. The van der Waals surface area contributed by atoms with Gasteiger partial charge in [-0.05, 0) is 23.9 Å². The van der Waals surface area contributed by atoms with Crippen LogP contribution in [0, 0.1) is 11.7 Å². The molecule has 0 radical (unpaired) electrons. The smallest absolute Gasteiger partial charge is 0.225 e.